The van der Waals surface area contributed by atoms with Crippen LogP contribution >= 0.6 is 12.4 Å². The van der Waals surface area contributed by atoms with Crippen LogP contribution in [-0.4, -0.2) is 35.1 Å². The van der Waals surface area contributed by atoms with Crippen LogP contribution in [0.1, 0.15) is 37.4 Å². The summed E-state index contributed by atoms with van der Waals surface area (Å²) in [4.78, 5) is 20.8. The Balaban J connectivity index is 0.00000218. The van der Waals surface area contributed by atoms with Gasteiger partial charge >= 0.3 is 0 Å². The molecule has 158 valence electrons. The lowest BCUT2D eigenvalue weighted by Crippen LogP contribution is -2.35. The van der Waals surface area contributed by atoms with Gasteiger partial charge in [0, 0.05) is 31.0 Å². The monoisotopic (exact) mass is 424 g/mol. The first-order valence-electron chi connectivity index (χ1n) is 10.9. The molecule has 1 unspecified atom stereocenters. The Bertz CT molecular complexity index is 1100. The number of nitrogens with zero attached hydrogens (tertiary/aromatic N) is 3. The smallest absolute Gasteiger partial charge is 0.265 e. The van der Waals surface area contributed by atoms with Gasteiger partial charge in [0.1, 0.15) is 5.65 Å². The van der Waals surface area contributed by atoms with Gasteiger partial charge in [-0.2, -0.15) is 0 Å². The minimum absolute atomic E-state index is 0. The Morgan fingerprint density at radius 2 is 2.13 bits per heavy atom. The average molecular weight is 425 g/mol. The molecule has 6 heteroatoms. The lowest BCUT2D eigenvalue weighted by Gasteiger charge is -2.26. The molecular weight excluding hydrogens is 396 g/mol. The highest BCUT2D eigenvalue weighted by Gasteiger charge is 2.28. The van der Waals surface area contributed by atoms with Crippen LogP contribution in [0.3, 0.4) is 0 Å². The van der Waals surface area contributed by atoms with E-state index in [4.69, 9.17) is 4.98 Å². The molecule has 0 amide bonds. The van der Waals surface area contributed by atoms with E-state index in [1.165, 1.54) is 17.7 Å². The zero-order valence-corrected chi connectivity index (χ0v) is 18.3. The van der Waals surface area contributed by atoms with Gasteiger partial charge in [0.2, 0.25) is 0 Å². The van der Waals surface area contributed by atoms with Crippen molar-refractivity contribution in [3.05, 3.63) is 64.2 Å². The lowest BCUT2D eigenvalue weighted by molar-refractivity contribution is 0.654. The van der Waals surface area contributed by atoms with Gasteiger partial charge in [-0.1, -0.05) is 25.5 Å². The third-order valence-corrected chi connectivity index (χ3v) is 6.35. The summed E-state index contributed by atoms with van der Waals surface area (Å²) >= 11 is 0. The Kier molecular flexibility index (Phi) is 6.11. The fraction of sp³-hybridized carbons (Fsp3) is 0.417. The lowest BCUT2D eigenvalue weighted by atomic mass is 9.99. The number of nitrogens with one attached hydrogen (secondary N) is 1. The van der Waals surface area contributed by atoms with E-state index in [-0.39, 0.29) is 18.0 Å². The topological polar surface area (TPSA) is 49.6 Å². The third-order valence-electron chi connectivity index (χ3n) is 6.35. The van der Waals surface area contributed by atoms with Crippen molar-refractivity contribution in [3.63, 3.8) is 0 Å². The van der Waals surface area contributed by atoms with E-state index in [9.17, 15) is 4.79 Å². The zero-order chi connectivity index (χ0) is 19.8. The summed E-state index contributed by atoms with van der Waals surface area (Å²) in [5.41, 5.74) is 6.17. The first-order valence-corrected chi connectivity index (χ1v) is 10.9. The van der Waals surface area contributed by atoms with Crippen LogP contribution in [0.4, 0.5) is 5.69 Å². The molecule has 1 atom stereocenters. The Hall–Kier alpha value is -2.37. The number of hydrogen-bond acceptors (Lipinski definition) is 4. The van der Waals surface area contributed by atoms with Gasteiger partial charge in [-0.25, -0.2) is 4.98 Å². The van der Waals surface area contributed by atoms with Gasteiger partial charge in [-0.05, 0) is 67.6 Å². The number of anilines is 1. The summed E-state index contributed by atoms with van der Waals surface area (Å²) in [7, 11) is 0. The summed E-state index contributed by atoms with van der Waals surface area (Å²) in [6.07, 6.45) is 7.04. The van der Waals surface area contributed by atoms with Crippen LogP contribution in [0.2, 0.25) is 0 Å². The number of aromatic nitrogens is 2. The average Bonchev–Trinajstić information content (AvgIpc) is 3.41. The van der Waals surface area contributed by atoms with Gasteiger partial charge in [-0.3, -0.25) is 9.20 Å². The molecule has 4 heterocycles. The molecule has 1 N–H and O–H groups in total. The van der Waals surface area contributed by atoms with Crippen LogP contribution in [0.25, 0.3) is 16.8 Å². The number of aryl methyl sites for hydroxylation is 1. The second-order valence-electron chi connectivity index (χ2n) is 8.20. The first kappa shape index (κ1) is 20.9. The van der Waals surface area contributed by atoms with Gasteiger partial charge in [0.05, 0.1) is 11.3 Å². The van der Waals surface area contributed by atoms with Crippen LogP contribution in [0, 0.1) is 0 Å². The third kappa shape index (κ3) is 3.61. The largest absolute Gasteiger partial charge is 0.367 e. The Morgan fingerprint density at radius 3 is 2.93 bits per heavy atom. The molecule has 5 rings (SSSR count). The predicted octanol–water partition coefficient (Wildman–Crippen LogP) is 3.85. The summed E-state index contributed by atoms with van der Waals surface area (Å²) in [6.45, 7) is 5.42. The number of unbranched alkanes of at least 4 members (excludes halogenated alkanes) is 1. The van der Waals surface area contributed by atoms with Crippen molar-refractivity contribution in [1.82, 2.24) is 14.7 Å². The van der Waals surface area contributed by atoms with Crippen molar-refractivity contribution in [2.45, 2.75) is 45.1 Å². The zero-order valence-electron chi connectivity index (χ0n) is 17.4. The molecule has 5 nitrogen and oxygen atoms in total. The van der Waals surface area contributed by atoms with Crippen LogP contribution in [0.15, 0.2) is 47.4 Å². The van der Waals surface area contributed by atoms with Crippen molar-refractivity contribution >= 4 is 23.7 Å². The van der Waals surface area contributed by atoms with Gasteiger partial charge in [0.25, 0.3) is 5.56 Å². The predicted molar refractivity (Wildman–Crippen MR) is 125 cm³/mol. The van der Waals surface area contributed by atoms with Crippen molar-refractivity contribution in [3.8, 4) is 11.1 Å². The maximum absolute atomic E-state index is 13.4. The second-order valence-corrected chi connectivity index (χ2v) is 8.20. The molecule has 0 radical (unpaired) electrons. The molecule has 0 bridgehead atoms. The van der Waals surface area contributed by atoms with Crippen LogP contribution in [-0.2, 0) is 12.8 Å². The van der Waals surface area contributed by atoms with E-state index in [1.54, 1.807) is 4.40 Å². The summed E-state index contributed by atoms with van der Waals surface area (Å²) < 4.78 is 1.68. The molecule has 1 saturated heterocycles. The molecule has 30 heavy (non-hydrogen) atoms. The number of benzene rings is 1. The molecule has 0 saturated carbocycles. The minimum Gasteiger partial charge on any atom is -0.367 e. The van der Waals surface area contributed by atoms with E-state index in [2.05, 4.69) is 35.3 Å². The van der Waals surface area contributed by atoms with E-state index in [0.29, 0.717) is 6.04 Å². The Labute approximate surface area is 183 Å². The maximum Gasteiger partial charge on any atom is 0.265 e. The fourth-order valence-corrected chi connectivity index (χ4v) is 4.82. The molecule has 0 aliphatic carbocycles. The van der Waals surface area contributed by atoms with Crippen molar-refractivity contribution < 1.29 is 0 Å². The van der Waals surface area contributed by atoms with Gasteiger partial charge in [-0.15, -0.1) is 12.4 Å². The normalized spacial score (nSPS) is 17.9. The van der Waals surface area contributed by atoms with Crippen molar-refractivity contribution in [1.29, 1.82) is 0 Å². The summed E-state index contributed by atoms with van der Waals surface area (Å²) in [5.74, 6) is 0. The highest BCUT2D eigenvalue weighted by Crippen LogP contribution is 2.34. The van der Waals surface area contributed by atoms with Crippen molar-refractivity contribution in [2.75, 3.05) is 24.5 Å². The molecule has 3 aromatic rings. The minimum atomic E-state index is 0. The van der Waals surface area contributed by atoms with Gasteiger partial charge in [0.15, 0.2) is 0 Å². The molecule has 2 aliphatic rings. The SMILES string of the molecule is CCCCc1nc2ccccn2c(=O)c1-c1ccc2c(c1)CCN2C1CCNC1.Cl. The number of hydrogen-bond donors (Lipinski definition) is 1. The van der Waals surface area contributed by atoms with E-state index in [1.807, 2.05) is 24.4 Å². The van der Waals surface area contributed by atoms with Crippen molar-refractivity contribution in [2.24, 2.45) is 0 Å². The highest BCUT2D eigenvalue weighted by molar-refractivity contribution is 5.85. The number of rotatable bonds is 5. The quantitative estimate of drug-likeness (QED) is 0.675. The number of halogens is 1. The van der Waals surface area contributed by atoms with E-state index in [0.717, 1.165) is 67.8 Å². The molecule has 1 fully saturated rings. The standard InChI is InChI=1S/C24H28N4O.ClH/c1-2-3-6-20-23(24(29)28-13-5-4-7-22(28)26-20)18-8-9-21-17(15-18)11-14-27(21)19-10-12-25-16-19;/h4-5,7-9,13,15,19,25H,2-3,6,10-12,14,16H2,1H3;1H. The number of pyridine rings is 1. The first-order chi connectivity index (χ1) is 14.3. The maximum atomic E-state index is 13.4. The summed E-state index contributed by atoms with van der Waals surface area (Å²) in [5, 5.41) is 3.47. The van der Waals surface area contributed by atoms with E-state index < -0.39 is 0 Å². The van der Waals surface area contributed by atoms with Crippen LogP contribution in [0.5, 0.6) is 0 Å². The second kappa shape index (κ2) is 8.78. The molecule has 0 spiro atoms. The molecule has 1 aromatic carbocycles. The molecule has 2 aliphatic heterocycles. The van der Waals surface area contributed by atoms with E-state index >= 15 is 0 Å². The highest BCUT2D eigenvalue weighted by atomic mass is 35.5. The molecule has 2 aromatic heterocycles. The fourth-order valence-electron chi connectivity index (χ4n) is 4.82. The van der Waals surface area contributed by atoms with Gasteiger partial charge < -0.3 is 10.2 Å². The Morgan fingerprint density at radius 1 is 1.23 bits per heavy atom. The number of fused-ring (bicyclic) bond motifs is 2. The summed E-state index contributed by atoms with van der Waals surface area (Å²) in [6, 6.07) is 12.9. The van der Waals surface area contributed by atoms with Crippen LogP contribution < -0.4 is 15.8 Å². The molecular formula is C24H29ClN4O.